The van der Waals surface area contributed by atoms with E-state index in [0.717, 1.165) is 33.6 Å². The van der Waals surface area contributed by atoms with Crippen molar-refractivity contribution in [1.82, 2.24) is 14.1 Å². The number of aryl methyl sites for hydroxylation is 3. The maximum absolute atomic E-state index is 13.5. The number of methoxy groups -OCH3 is 1. The maximum Gasteiger partial charge on any atom is 0.339 e. The standard InChI is InChI=1S/C28H29N3O4/c1-18-5-8-22(9-6-18)26(16-32)31-15-24(28(34)35-4)13-23(27(31)33)12-21-7-10-25(19(2)11-21)30-14-20(3)29-17-30/h5-11,13-15,17,26,32H,12,16H2,1-4H3. The molecule has 1 atom stereocenters. The second-order valence-corrected chi connectivity index (χ2v) is 8.79. The molecule has 4 aromatic rings. The summed E-state index contributed by atoms with van der Waals surface area (Å²) in [6.07, 6.45) is 5.53. The zero-order valence-electron chi connectivity index (χ0n) is 20.4. The minimum atomic E-state index is -0.625. The summed E-state index contributed by atoms with van der Waals surface area (Å²) in [5.41, 5.74) is 6.22. The van der Waals surface area contributed by atoms with Gasteiger partial charge >= 0.3 is 5.97 Å². The number of ether oxygens (including phenoxy) is 1. The zero-order valence-corrected chi connectivity index (χ0v) is 20.4. The van der Waals surface area contributed by atoms with E-state index in [-0.39, 0.29) is 17.7 Å². The van der Waals surface area contributed by atoms with Gasteiger partial charge in [-0.2, -0.15) is 0 Å². The molecule has 4 rings (SSSR count). The molecule has 35 heavy (non-hydrogen) atoms. The topological polar surface area (TPSA) is 86.4 Å². The Morgan fingerprint density at radius 2 is 1.80 bits per heavy atom. The number of hydrogen-bond acceptors (Lipinski definition) is 5. The van der Waals surface area contributed by atoms with Crippen LogP contribution in [0.25, 0.3) is 5.69 Å². The first kappa shape index (κ1) is 24.2. The molecule has 0 saturated heterocycles. The molecule has 180 valence electrons. The third-order valence-corrected chi connectivity index (χ3v) is 6.15. The summed E-state index contributed by atoms with van der Waals surface area (Å²) >= 11 is 0. The zero-order chi connectivity index (χ0) is 25.1. The van der Waals surface area contributed by atoms with E-state index in [0.29, 0.717) is 12.0 Å². The van der Waals surface area contributed by atoms with E-state index in [1.807, 2.05) is 74.0 Å². The monoisotopic (exact) mass is 471 g/mol. The van der Waals surface area contributed by atoms with Crippen molar-refractivity contribution in [2.45, 2.75) is 33.2 Å². The van der Waals surface area contributed by atoms with E-state index in [1.165, 1.54) is 17.9 Å². The molecule has 0 fully saturated rings. The summed E-state index contributed by atoms with van der Waals surface area (Å²) in [6.45, 7) is 5.64. The van der Waals surface area contributed by atoms with Gasteiger partial charge in [-0.05, 0) is 49.6 Å². The number of aromatic nitrogens is 3. The first-order valence-electron chi connectivity index (χ1n) is 11.4. The van der Waals surface area contributed by atoms with Crippen LogP contribution in [0.5, 0.6) is 0 Å². The van der Waals surface area contributed by atoms with Crippen LogP contribution in [-0.2, 0) is 11.2 Å². The van der Waals surface area contributed by atoms with Crippen molar-refractivity contribution < 1.29 is 14.6 Å². The van der Waals surface area contributed by atoms with Crippen LogP contribution in [0.2, 0.25) is 0 Å². The van der Waals surface area contributed by atoms with Gasteiger partial charge in [-0.1, -0.05) is 42.0 Å². The van der Waals surface area contributed by atoms with Crippen LogP contribution < -0.4 is 5.56 Å². The number of pyridine rings is 1. The number of rotatable bonds is 7. The summed E-state index contributed by atoms with van der Waals surface area (Å²) in [5, 5.41) is 10.2. The van der Waals surface area contributed by atoms with E-state index >= 15 is 0 Å². The summed E-state index contributed by atoms with van der Waals surface area (Å²) < 4.78 is 8.33. The molecule has 0 aliphatic rings. The highest BCUT2D eigenvalue weighted by Crippen LogP contribution is 2.21. The van der Waals surface area contributed by atoms with Crippen molar-refractivity contribution >= 4 is 5.97 Å². The minimum absolute atomic E-state index is 0.259. The number of esters is 1. The lowest BCUT2D eigenvalue weighted by molar-refractivity contribution is 0.0599. The van der Waals surface area contributed by atoms with Crippen LogP contribution >= 0.6 is 0 Å². The summed E-state index contributed by atoms with van der Waals surface area (Å²) in [4.78, 5) is 30.3. The highest BCUT2D eigenvalue weighted by atomic mass is 16.5. The Morgan fingerprint density at radius 1 is 1.06 bits per heavy atom. The molecule has 1 unspecified atom stereocenters. The van der Waals surface area contributed by atoms with Gasteiger partial charge in [0.1, 0.15) is 0 Å². The van der Waals surface area contributed by atoms with Gasteiger partial charge in [-0.25, -0.2) is 9.78 Å². The van der Waals surface area contributed by atoms with Crippen LogP contribution in [0.15, 0.2) is 72.0 Å². The smallest absolute Gasteiger partial charge is 0.339 e. The Morgan fingerprint density at radius 3 is 2.40 bits per heavy atom. The Labute approximate surface area is 204 Å². The molecular formula is C28H29N3O4. The average Bonchev–Trinajstić information content (AvgIpc) is 3.28. The van der Waals surface area contributed by atoms with Gasteiger partial charge in [-0.3, -0.25) is 4.79 Å². The normalized spacial score (nSPS) is 11.9. The Bertz CT molecular complexity index is 1420. The second-order valence-electron chi connectivity index (χ2n) is 8.79. The van der Waals surface area contributed by atoms with Crippen molar-refractivity contribution in [2.24, 2.45) is 0 Å². The molecule has 1 N–H and O–H groups in total. The van der Waals surface area contributed by atoms with Crippen molar-refractivity contribution in [3.05, 3.63) is 117 Å². The van der Waals surface area contributed by atoms with E-state index < -0.39 is 12.0 Å². The number of aliphatic hydroxyl groups is 1. The molecule has 0 aliphatic heterocycles. The number of carbonyl (C=O) groups excluding carboxylic acids is 1. The van der Waals surface area contributed by atoms with Gasteiger partial charge in [0, 0.05) is 30.1 Å². The predicted molar refractivity (Wildman–Crippen MR) is 134 cm³/mol. The van der Waals surface area contributed by atoms with E-state index in [4.69, 9.17) is 4.74 Å². The number of aliphatic hydroxyl groups excluding tert-OH is 1. The summed E-state index contributed by atoms with van der Waals surface area (Å²) in [6, 6.07) is 14.6. The lowest BCUT2D eigenvalue weighted by atomic mass is 10.0. The van der Waals surface area contributed by atoms with Gasteiger partial charge in [0.2, 0.25) is 0 Å². The molecule has 0 aliphatic carbocycles. The van der Waals surface area contributed by atoms with E-state index in [9.17, 15) is 14.7 Å². The molecule has 7 nitrogen and oxygen atoms in total. The highest BCUT2D eigenvalue weighted by Gasteiger charge is 2.20. The van der Waals surface area contributed by atoms with Gasteiger partial charge in [0.15, 0.2) is 0 Å². The third kappa shape index (κ3) is 5.10. The van der Waals surface area contributed by atoms with Crippen LogP contribution in [0.3, 0.4) is 0 Å². The lowest BCUT2D eigenvalue weighted by Crippen LogP contribution is -2.31. The largest absolute Gasteiger partial charge is 0.465 e. The summed E-state index contributed by atoms with van der Waals surface area (Å²) in [5.74, 6) is -0.539. The molecule has 0 spiro atoms. The van der Waals surface area contributed by atoms with Gasteiger partial charge in [0.25, 0.3) is 5.56 Å². The second kappa shape index (κ2) is 10.1. The van der Waals surface area contributed by atoms with Gasteiger partial charge < -0.3 is 19.0 Å². The predicted octanol–water partition coefficient (Wildman–Crippen LogP) is 3.92. The van der Waals surface area contributed by atoms with Crippen molar-refractivity contribution in [1.29, 1.82) is 0 Å². The number of imidazole rings is 1. The Balaban J connectivity index is 1.76. The Kier molecular flexibility index (Phi) is 6.98. The first-order chi connectivity index (χ1) is 16.8. The van der Waals surface area contributed by atoms with Crippen LogP contribution in [0, 0.1) is 20.8 Å². The van der Waals surface area contributed by atoms with Gasteiger partial charge in [0.05, 0.1) is 37.3 Å². The minimum Gasteiger partial charge on any atom is -0.465 e. The number of benzene rings is 2. The van der Waals surface area contributed by atoms with Crippen molar-refractivity contribution in [3.8, 4) is 5.69 Å². The first-order valence-corrected chi connectivity index (χ1v) is 11.4. The van der Waals surface area contributed by atoms with E-state index in [1.54, 1.807) is 12.4 Å². The average molecular weight is 472 g/mol. The molecule has 0 radical (unpaired) electrons. The molecule has 2 aromatic heterocycles. The quantitative estimate of drug-likeness (QED) is 0.413. The lowest BCUT2D eigenvalue weighted by Gasteiger charge is -2.20. The van der Waals surface area contributed by atoms with Gasteiger partial charge in [-0.15, -0.1) is 0 Å². The fourth-order valence-corrected chi connectivity index (χ4v) is 4.28. The molecule has 2 heterocycles. The fraction of sp³-hybridized carbons (Fsp3) is 0.250. The van der Waals surface area contributed by atoms with Crippen molar-refractivity contribution in [3.63, 3.8) is 0 Å². The molecule has 2 aromatic carbocycles. The molecule has 0 bridgehead atoms. The molecular weight excluding hydrogens is 442 g/mol. The van der Waals surface area contributed by atoms with Crippen molar-refractivity contribution in [2.75, 3.05) is 13.7 Å². The van der Waals surface area contributed by atoms with Crippen LogP contribution in [0.1, 0.15) is 49.9 Å². The SMILES string of the molecule is COC(=O)c1cc(Cc2ccc(-n3cnc(C)c3)c(C)c2)c(=O)n(C(CO)c2ccc(C)cc2)c1. The number of carbonyl (C=O) groups is 1. The fourth-order valence-electron chi connectivity index (χ4n) is 4.28. The van der Waals surface area contributed by atoms with Crippen LogP contribution in [0.4, 0.5) is 0 Å². The third-order valence-electron chi connectivity index (χ3n) is 6.15. The highest BCUT2D eigenvalue weighted by molar-refractivity contribution is 5.89. The molecule has 7 heteroatoms. The summed E-state index contributed by atoms with van der Waals surface area (Å²) in [7, 11) is 1.31. The maximum atomic E-state index is 13.5. The van der Waals surface area contributed by atoms with Crippen LogP contribution in [-0.4, -0.2) is 38.9 Å². The number of nitrogens with zero attached hydrogens (tertiary/aromatic N) is 3. The van der Waals surface area contributed by atoms with E-state index in [2.05, 4.69) is 4.98 Å². The number of hydrogen-bond donors (Lipinski definition) is 1. The Hall–Kier alpha value is -3.97. The molecule has 0 amide bonds. The molecule has 0 saturated carbocycles.